The summed E-state index contributed by atoms with van der Waals surface area (Å²) in [5.74, 6) is -2.15. The van der Waals surface area contributed by atoms with Gasteiger partial charge >= 0.3 is 12.1 Å². The van der Waals surface area contributed by atoms with Crippen LogP contribution in [0.1, 0.15) is 25.7 Å². The molecule has 0 radical (unpaired) electrons. The summed E-state index contributed by atoms with van der Waals surface area (Å²) in [6.07, 6.45) is -5.05. The normalized spacial score (nSPS) is 15.9. The molecule has 0 bridgehead atoms. The second kappa shape index (κ2) is 4.71. The van der Waals surface area contributed by atoms with E-state index in [0.29, 0.717) is 12.8 Å². The lowest BCUT2D eigenvalue weighted by Gasteiger charge is -2.22. The van der Waals surface area contributed by atoms with Gasteiger partial charge in [0.1, 0.15) is 6.42 Å². The average Bonchev–Trinajstić information content (AvgIpc) is 2.84. The molecule has 4 nitrogen and oxygen atoms in total. The number of hydrogen-bond donors (Lipinski definition) is 1. The number of rotatable bonds is 5. The maximum atomic E-state index is 12.0. The number of carbonyl (C=O) groups is 2. The molecular weight excluding hydrogens is 227 g/mol. The Bertz CT molecular complexity index is 286. The molecule has 0 spiro atoms. The summed E-state index contributed by atoms with van der Waals surface area (Å²) in [7, 11) is 0. The lowest BCUT2D eigenvalue weighted by Crippen LogP contribution is -2.37. The van der Waals surface area contributed by atoms with Crippen molar-refractivity contribution in [2.24, 2.45) is 0 Å². The van der Waals surface area contributed by atoms with Gasteiger partial charge in [-0.05, 0) is 12.8 Å². The molecule has 0 aromatic carbocycles. The number of carbonyl (C=O) groups excluding carboxylic acids is 1. The summed E-state index contributed by atoms with van der Waals surface area (Å²) in [6.45, 7) is -0.144. The molecule has 16 heavy (non-hydrogen) atoms. The van der Waals surface area contributed by atoms with E-state index < -0.39 is 24.5 Å². The van der Waals surface area contributed by atoms with E-state index in [0.717, 1.165) is 4.90 Å². The van der Waals surface area contributed by atoms with Crippen LogP contribution in [0.3, 0.4) is 0 Å². The van der Waals surface area contributed by atoms with Gasteiger partial charge in [0.2, 0.25) is 5.91 Å². The van der Waals surface area contributed by atoms with Crippen molar-refractivity contribution in [2.45, 2.75) is 37.9 Å². The first-order valence-electron chi connectivity index (χ1n) is 4.87. The highest BCUT2D eigenvalue weighted by molar-refractivity contribution is 5.78. The highest BCUT2D eigenvalue weighted by Crippen LogP contribution is 2.30. The molecule has 0 aromatic heterocycles. The minimum Gasteiger partial charge on any atom is -0.481 e. The van der Waals surface area contributed by atoms with E-state index in [1.165, 1.54) is 0 Å². The third-order valence-electron chi connectivity index (χ3n) is 2.23. The minimum atomic E-state index is -4.53. The number of carboxylic acids is 1. The molecule has 1 fully saturated rings. The first-order chi connectivity index (χ1) is 7.29. The number of carboxylic acid groups (broad SMARTS) is 1. The number of alkyl halides is 3. The van der Waals surface area contributed by atoms with Crippen molar-refractivity contribution in [2.75, 3.05) is 6.54 Å². The number of hydrogen-bond acceptors (Lipinski definition) is 2. The van der Waals surface area contributed by atoms with Gasteiger partial charge in [0, 0.05) is 12.6 Å². The standard InChI is InChI=1S/C9H12F3NO3/c10-9(11,12)5-7(14)13(6-1-2-6)4-3-8(15)16/h6H,1-5H2,(H,15,16). The van der Waals surface area contributed by atoms with Crippen molar-refractivity contribution in [3.8, 4) is 0 Å². The van der Waals surface area contributed by atoms with Gasteiger partial charge in [-0.1, -0.05) is 0 Å². The molecular formula is C9H12F3NO3. The monoisotopic (exact) mass is 239 g/mol. The SMILES string of the molecule is O=C(O)CCN(C(=O)CC(F)(F)F)C1CC1. The van der Waals surface area contributed by atoms with E-state index in [9.17, 15) is 22.8 Å². The Balaban J connectivity index is 2.49. The Kier molecular flexibility index (Phi) is 3.77. The topological polar surface area (TPSA) is 57.6 Å². The van der Waals surface area contributed by atoms with Gasteiger partial charge in [-0.3, -0.25) is 9.59 Å². The Labute approximate surface area is 90.0 Å². The maximum absolute atomic E-state index is 12.0. The zero-order valence-corrected chi connectivity index (χ0v) is 8.46. The van der Waals surface area contributed by atoms with Crippen LogP contribution >= 0.6 is 0 Å². The third-order valence-corrected chi connectivity index (χ3v) is 2.23. The molecule has 0 saturated heterocycles. The van der Waals surface area contributed by atoms with E-state index in [4.69, 9.17) is 5.11 Å². The van der Waals surface area contributed by atoms with E-state index in [1.54, 1.807) is 0 Å². The molecule has 0 aliphatic heterocycles. The molecule has 0 unspecified atom stereocenters. The van der Waals surface area contributed by atoms with Crippen LogP contribution in [0.5, 0.6) is 0 Å². The smallest absolute Gasteiger partial charge is 0.397 e. The summed E-state index contributed by atoms with van der Waals surface area (Å²) < 4.78 is 36.0. The molecule has 1 aliphatic carbocycles. The van der Waals surface area contributed by atoms with Crippen LogP contribution in [-0.4, -0.2) is 40.6 Å². The first-order valence-corrected chi connectivity index (χ1v) is 4.87. The fourth-order valence-electron chi connectivity index (χ4n) is 1.39. The van der Waals surface area contributed by atoms with Gasteiger partial charge in [-0.25, -0.2) is 0 Å². The van der Waals surface area contributed by atoms with Crippen molar-refractivity contribution in [1.29, 1.82) is 0 Å². The molecule has 1 saturated carbocycles. The minimum absolute atomic E-state index is 0.144. The molecule has 1 rings (SSSR count). The van der Waals surface area contributed by atoms with E-state index in [2.05, 4.69) is 0 Å². The Morgan fingerprint density at radius 1 is 1.31 bits per heavy atom. The lowest BCUT2D eigenvalue weighted by molar-refractivity contribution is -0.161. The highest BCUT2D eigenvalue weighted by Gasteiger charge is 2.38. The molecule has 92 valence electrons. The second-order valence-electron chi connectivity index (χ2n) is 3.75. The highest BCUT2D eigenvalue weighted by atomic mass is 19.4. The molecule has 1 aliphatic rings. The second-order valence-corrected chi connectivity index (χ2v) is 3.75. The van der Waals surface area contributed by atoms with Crippen molar-refractivity contribution in [1.82, 2.24) is 4.90 Å². The fourth-order valence-corrected chi connectivity index (χ4v) is 1.39. The van der Waals surface area contributed by atoms with Crippen molar-refractivity contribution >= 4 is 11.9 Å². The Morgan fingerprint density at radius 3 is 2.25 bits per heavy atom. The first kappa shape index (κ1) is 12.8. The maximum Gasteiger partial charge on any atom is 0.397 e. The van der Waals surface area contributed by atoms with Gasteiger partial charge in [-0.2, -0.15) is 13.2 Å². The predicted octanol–water partition coefficient (Wildman–Crippen LogP) is 1.40. The summed E-state index contributed by atoms with van der Waals surface area (Å²) in [4.78, 5) is 22.6. The average molecular weight is 239 g/mol. The van der Waals surface area contributed by atoms with Crippen LogP contribution in [0.4, 0.5) is 13.2 Å². The summed E-state index contributed by atoms with van der Waals surface area (Å²) in [5.41, 5.74) is 0. The van der Waals surface area contributed by atoms with Gasteiger partial charge in [-0.15, -0.1) is 0 Å². The van der Waals surface area contributed by atoms with Gasteiger partial charge in [0.25, 0.3) is 0 Å². The van der Waals surface area contributed by atoms with Crippen LogP contribution < -0.4 is 0 Å². The molecule has 7 heteroatoms. The number of amides is 1. The largest absolute Gasteiger partial charge is 0.481 e. The van der Waals surface area contributed by atoms with Crippen LogP contribution in [0.15, 0.2) is 0 Å². The van der Waals surface area contributed by atoms with Crippen molar-refractivity contribution in [3.05, 3.63) is 0 Å². The summed E-state index contributed by atoms with van der Waals surface area (Å²) in [6, 6.07) is -0.200. The predicted molar refractivity (Wildman–Crippen MR) is 47.7 cm³/mol. The van der Waals surface area contributed by atoms with Crippen molar-refractivity contribution in [3.63, 3.8) is 0 Å². The summed E-state index contributed by atoms with van der Waals surface area (Å²) >= 11 is 0. The Hall–Kier alpha value is -1.27. The molecule has 1 N–H and O–H groups in total. The number of aliphatic carboxylic acids is 1. The van der Waals surface area contributed by atoms with Gasteiger partial charge in [0.15, 0.2) is 0 Å². The van der Waals surface area contributed by atoms with E-state index >= 15 is 0 Å². The van der Waals surface area contributed by atoms with Crippen LogP contribution in [0, 0.1) is 0 Å². The van der Waals surface area contributed by atoms with Crippen LogP contribution in [0.2, 0.25) is 0 Å². The zero-order chi connectivity index (χ0) is 12.3. The van der Waals surface area contributed by atoms with E-state index in [1.807, 2.05) is 0 Å². The number of halogens is 3. The molecule has 1 amide bonds. The summed E-state index contributed by atoms with van der Waals surface area (Å²) in [5, 5.41) is 8.42. The van der Waals surface area contributed by atoms with Crippen LogP contribution in [-0.2, 0) is 9.59 Å². The quantitative estimate of drug-likeness (QED) is 0.789. The van der Waals surface area contributed by atoms with Gasteiger partial charge in [0.05, 0.1) is 6.42 Å². The molecule has 0 heterocycles. The number of nitrogens with zero attached hydrogens (tertiary/aromatic N) is 1. The van der Waals surface area contributed by atoms with Crippen LogP contribution in [0.25, 0.3) is 0 Å². The van der Waals surface area contributed by atoms with Gasteiger partial charge < -0.3 is 10.0 Å². The Morgan fingerprint density at radius 2 is 1.88 bits per heavy atom. The molecule has 0 aromatic rings. The lowest BCUT2D eigenvalue weighted by atomic mass is 10.3. The zero-order valence-electron chi connectivity index (χ0n) is 8.46. The molecule has 0 atom stereocenters. The third kappa shape index (κ3) is 4.50. The van der Waals surface area contributed by atoms with Crippen molar-refractivity contribution < 1.29 is 27.9 Å². The van der Waals surface area contributed by atoms with E-state index in [-0.39, 0.29) is 19.0 Å². The fraction of sp³-hybridized carbons (Fsp3) is 0.778.